The Morgan fingerprint density at radius 2 is 2.22 bits per heavy atom. The van der Waals surface area contributed by atoms with Crippen LogP contribution in [-0.4, -0.2) is 43.9 Å². The second-order valence-corrected chi connectivity index (χ2v) is 5.90. The van der Waals surface area contributed by atoms with Crippen molar-refractivity contribution in [1.82, 2.24) is 5.32 Å². The molecule has 104 valence electrons. The number of ether oxygens (including phenoxy) is 2. The highest BCUT2D eigenvalue weighted by molar-refractivity contribution is 5.81. The maximum atomic E-state index is 12.1. The summed E-state index contributed by atoms with van der Waals surface area (Å²) in [4.78, 5) is 12.1. The van der Waals surface area contributed by atoms with Crippen LogP contribution in [0.5, 0.6) is 0 Å². The molecule has 0 bridgehead atoms. The molecule has 1 aliphatic carbocycles. The molecule has 2 rings (SSSR count). The summed E-state index contributed by atoms with van der Waals surface area (Å²) in [5.41, 5.74) is 5.54. The van der Waals surface area contributed by atoms with Crippen LogP contribution in [0, 0.1) is 5.41 Å². The maximum Gasteiger partial charge on any atom is 0.249 e. The van der Waals surface area contributed by atoms with E-state index in [-0.39, 0.29) is 35.7 Å². The SMILES string of the molecule is COC1CC(NC(=O)[C@@H]2CC[C@H](CN)O2)C1(C)C. The van der Waals surface area contributed by atoms with Crippen LogP contribution in [0.3, 0.4) is 0 Å². The van der Waals surface area contributed by atoms with Crippen molar-refractivity contribution in [3.63, 3.8) is 0 Å². The van der Waals surface area contributed by atoms with E-state index in [4.69, 9.17) is 15.2 Å². The van der Waals surface area contributed by atoms with E-state index in [0.29, 0.717) is 6.54 Å². The fraction of sp³-hybridized carbons (Fsp3) is 0.923. The van der Waals surface area contributed by atoms with Crippen molar-refractivity contribution in [2.75, 3.05) is 13.7 Å². The van der Waals surface area contributed by atoms with E-state index in [1.807, 2.05) is 0 Å². The summed E-state index contributed by atoms with van der Waals surface area (Å²) in [6.07, 6.45) is 2.47. The predicted molar refractivity (Wildman–Crippen MR) is 68.1 cm³/mol. The quantitative estimate of drug-likeness (QED) is 0.764. The number of carbonyl (C=O) groups is 1. The summed E-state index contributed by atoms with van der Waals surface area (Å²) in [6, 6.07) is 0.176. The van der Waals surface area contributed by atoms with Gasteiger partial charge in [-0.25, -0.2) is 0 Å². The Labute approximate surface area is 108 Å². The van der Waals surface area contributed by atoms with E-state index >= 15 is 0 Å². The minimum atomic E-state index is -0.323. The van der Waals surface area contributed by atoms with E-state index in [9.17, 15) is 4.79 Å². The van der Waals surface area contributed by atoms with Gasteiger partial charge < -0.3 is 20.5 Å². The zero-order valence-corrected chi connectivity index (χ0v) is 11.4. The molecule has 2 aliphatic rings. The Balaban J connectivity index is 1.83. The van der Waals surface area contributed by atoms with Crippen molar-refractivity contribution in [2.45, 2.75) is 57.5 Å². The van der Waals surface area contributed by atoms with Crippen molar-refractivity contribution >= 4 is 5.91 Å². The lowest BCUT2D eigenvalue weighted by Crippen LogP contribution is -2.62. The molecule has 0 radical (unpaired) electrons. The van der Waals surface area contributed by atoms with Gasteiger partial charge >= 0.3 is 0 Å². The highest BCUT2D eigenvalue weighted by atomic mass is 16.5. The molecule has 1 saturated carbocycles. The standard InChI is InChI=1S/C13H24N2O3/c1-13(2)10(6-11(13)17-3)15-12(16)9-5-4-8(7-14)18-9/h8-11H,4-7,14H2,1-3H3,(H,15,16)/t8-,9+,10?,11?/m1/s1. The Hall–Kier alpha value is -0.650. The molecule has 1 aliphatic heterocycles. The number of nitrogens with one attached hydrogen (secondary N) is 1. The van der Waals surface area contributed by atoms with Crippen LogP contribution in [0.1, 0.15) is 33.1 Å². The number of methoxy groups -OCH3 is 1. The van der Waals surface area contributed by atoms with Gasteiger partial charge in [0.25, 0.3) is 0 Å². The first kappa shape index (κ1) is 13.8. The van der Waals surface area contributed by atoms with Gasteiger partial charge in [0, 0.05) is 25.1 Å². The fourth-order valence-electron chi connectivity index (χ4n) is 2.87. The molecule has 2 fully saturated rings. The smallest absolute Gasteiger partial charge is 0.249 e. The van der Waals surface area contributed by atoms with Crippen molar-refractivity contribution in [3.8, 4) is 0 Å². The number of hydrogen-bond donors (Lipinski definition) is 2. The van der Waals surface area contributed by atoms with E-state index in [1.54, 1.807) is 7.11 Å². The molecule has 5 nitrogen and oxygen atoms in total. The van der Waals surface area contributed by atoms with Crippen LogP contribution in [0.2, 0.25) is 0 Å². The number of hydrogen-bond acceptors (Lipinski definition) is 4. The first-order valence-electron chi connectivity index (χ1n) is 6.67. The molecule has 3 N–H and O–H groups in total. The van der Waals surface area contributed by atoms with Crippen LogP contribution in [0.25, 0.3) is 0 Å². The summed E-state index contributed by atoms with van der Waals surface area (Å²) in [5, 5.41) is 3.07. The lowest BCUT2D eigenvalue weighted by Gasteiger charge is -2.51. The van der Waals surface area contributed by atoms with Crippen LogP contribution in [0.4, 0.5) is 0 Å². The molecule has 18 heavy (non-hydrogen) atoms. The number of carbonyl (C=O) groups excluding carboxylic acids is 1. The average molecular weight is 256 g/mol. The molecular weight excluding hydrogens is 232 g/mol. The number of rotatable bonds is 4. The first-order chi connectivity index (χ1) is 8.48. The number of amides is 1. The normalized spacial score (nSPS) is 38.2. The minimum Gasteiger partial charge on any atom is -0.381 e. The average Bonchev–Trinajstić information content (AvgIpc) is 2.82. The van der Waals surface area contributed by atoms with Gasteiger partial charge in [-0.2, -0.15) is 0 Å². The zero-order valence-electron chi connectivity index (χ0n) is 11.4. The fourth-order valence-corrected chi connectivity index (χ4v) is 2.87. The van der Waals surface area contributed by atoms with Crippen molar-refractivity contribution in [2.24, 2.45) is 11.1 Å². The highest BCUT2D eigenvalue weighted by Crippen LogP contribution is 2.42. The van der Waals surface area contributed by atoms with Crippen LogP contribution < -0.4 is 11.1 Å². The molecule has 1 saturated heterocycles. The minimum absolute atomic E-state index is 0.00132. The summed E-state index contributed by atoms with van der Waals surface area (Å²) < 4.78 is 11.0. The second kappa shape index (κ2) is 5.15. The lowest BCUT2D eigenvalue weighted by atomic mass is 9.64. The largest absolute Gasteiger partial charge is 0.381 e. The maximum absolute atomic E-state index is 12.1. The Morgan fingerprint density at radius 1 is 1.50 bits per heavy atom. The highest BCUT2D eigenvalue weighted by Gasteiger charge is 2.49. The first-order valence-corrected chi connectivity index (χ1v) is 6.67. The van der Waals surface area contributed by atoms with Gasteiger partial charge in [0.2, 0.25) is 5.91 Å². The van der Waals surface area contributed by atoms with Gasteiger partial charge in [0.05, 0.1) is 12.2 Å². The molecule has 0 aromatic rings. The Morgan fingerprint density at radius 3 is 2.72 bits per heavy atom. The van der Waals surface area contributed by atoms with Crippen LogP contribution >= 0.6 is 0 Å². The van der Waals surface area contributed by atoms with Crippen LogP contribution in [0.15, 0.2) is 0 Å². The third-order valence-corrected chi connectivity index (χ3v) is 4.44. The number of nitrogens with two attached hydrogens (primary N) is 1. The van der Waals surface area contributed by atoms with Gasteiger partial charge in [0.1, 0.15) is 6.10 Å². The third kappa shape index (κ3) is 2.39. The molecule has 0 aromatic carbocycles. The second-order valence-electron chi connectivity index (χ2n) is 5.90. The summed E-state index contributed by atoms with van der Waals surface area (Å²) in [7, 11) is 1.72. The van der Waals surface area contributed by atoms with Crippen molar-refractivity contribution < 1.29 is 14.3 Å². The van der Waals surface area contributed by atoms with Crippen LogP contribution in [-0.2, 0) is 14.3 Å². The van der Waals surface area contributed by atoms with E-state index in [0.717, 1.165) is 19.3 Å². The van der Waals surface area contributed by atoms with Crippen molar-refractivity contribution in [1.29, 1.82) is 0 Å². The molecule has 4 atom stereocenters. The Kier molecular flexibility index (Phi) is 3.94. The zero-order chi connectivity index (χ0) is 13.3. The molecule has 1 amide bonds. The van der Waals surface area contributed by atoms with Gasteiger partial charge in [-0.15, -0.1) is 0 Å². The summed E-state index contributed by atoms with van der Waals surface area (Å²) in [6.45, 7) is 4.73. The van der Waals surface area contributed by atoms with E-state index in [2.05, 4.69) is 19.2 Å². The van der Waals surface area contributed by atoms with Gasteiger partial charge in [-0.3, -0.25) is 4.79 Å². The monoisotopic (exact) mass is 256 g/mol. The van der Waals surface area contributed by atoms with Gasteiger partial charge in [-0.05, 0) is 19.3 Å². The van der Waals surface area contributed by atoms with Crippen molar-refractivity contribution in [3.05, 3.63) is 0 Å². The van der Waals surface area contributed by atoms with Gasteiger partial charge in [0.15, 0.2) is 0 Å². The summed E-state index contributed by atoms with van der Waals surface area (Å²) in [5.74, 6) is -0.00132. The lowest BCUT2D eigenvalue weighted by molar-refractivity contribution is -0.142. The Bertz CT molecular complexity index is 319. The van der Waals surface area contributed by atoms with E-state index in [1.165, 1.54) is 0 Å². The molecule has 2 unspecified atom stereocenters. The molecule has 0 aromatic heterocycles. The molecule has 0 spiro atoms. The molecule has 1 heterocycles. The van der Waals surface area contributed by atoms with E-state index < -0.39 is 0 Å². The van der Waals surface area contributed by atoms with Gasteiger partial charge in [-0.1, -0.05) is 13.8 Å². The topological polar surface area (TPSA) is 73.6 Å². The summed E-state index contributed by atoms with van der Waals surface area (Å²) >= 11 is 0. The molecular formula is C13H24N2O3. The third-order valence-electron chi connectivity index (χ3n) is 4.44. The molecule has 5 heteroatoms. The predicted octanol–water partition coefficient (Wildman–Crippen LogP) is 0.422.